The number of carbonyl (C=O) groups is 2. The van der Waals surface area contributed by atoms with E-state index < -0.39 is 39.8 Å². The van der Waals surface area contributed by atoms with Gasteiger partial charge < -0.3 is 28.2 Å². The first-order valence-electron chi connectivity index (χ1n) is 24.6. The van der Waals surface area contributed by atoms with Gasteiger partial charge in [-0.25, -0.2) is 19.4 Å². The van der Waals surface area contributed by atoms with Crippen molar-refractivity contribution in [3.63, 3.8) is 0 Å². The van der Waals surface area contributed by atoms with Crippen molar-refractivity contribution in [2.75, 3.05) is 23.0 Å². The molecule has 4 aromatic rings. The van der Waals surface area contributed by atoms with E-state index in [9.17, 15) is 14.7 Å². The second-order valence-corrected chi connectivity index (χ2v) is 36.4. The number of carboxylic acid groups (broad SMARTS) is 1. The number of rotatable bonds is 10. The highest BCUT2D eigenvalue weighted by Gasteiger charge is 2.45. The number of benzene rings is 4. The lowest BCUT2D eigenvalue weighted by Crippen LogP contribution is -2.41. The van der Waals surface area contributed by atoms with E-state index in [2.05, 4.69) is 167 Å². The van der Waals surface area contributed by atoms with E-state index >= 15 is 0 Å². The molecule has 10 nitrogen and oxygen atoms in total. The van der Waals surface area contributed by atoms with E-state index in [1.807, 2.05) is 81.4 Å². The maximum Gasteiger partial charge on any atom is 0.419 e. The Morgan fingerprint density at radius 1 is 0.597 bits per heavy atom. The van der Waals surface area contributed by atoms with Crippen LogP contribution in [0.4, 0.5) is 32.3 Å². The van der Waals surface area contributed by atoms with Crippen molar-refractivity contribution in [2.24, 2.45) is 0 Å². The Bertz CT molecular complexity index is 2750. The van der Waals surface area contributed by atoms with E-state index in [1.54, 1.807) is 4.90 Å². The Morgan fingerprint density at radius 3 is 1.47 bits per heavy atom. The fourth-order valence-electron chi connectivity index (χ4n) is 8.62. The molecule has 0 spiro atoms. The third-order valence-corrected chi connectivity index (χ3v) is 24.3. The number of anilines is 4. The lowest BCUT2D eigenvalue weighted by atomic mass is 9.68. The number of amides is 2. The molecule has 2 aliphatic heterocycles. The maximum absolute atomic E-state index is 13.5. The third-order valence-electron chi connectivity index (χ3n) is 14.4. The molecule has 0 fully saturated rings. The summed E-state index contributed by atoms with van der Waals surface area (Å²) in [5.74, 6) is 2.41. The van der Waals surface area contributed by atoms with Gasteiger partial charge in [0.05, 0.1) is 22.7 Å². The Hall–Kier alpha value is -4.51. The fourth-order valence-corrected chi connectivity index (χ4v) is 12.1. The first kappa shape index (κ1) is 58.4. The molecule has 0 aliphatic carbocycles. The molecule has 4 aromatic carbocycles. The van der Waals surface area contributed by atoms with Gasteiger partial charge in [-0.3, -0.25) is 0 Å². The maximum atomic E-state index is 13.5. The Balaban J connectivity index is 0.000000267. The molecule has 2 amide bonds. The summed E-state index contributed by atoms with van der Waals surface area (Å²) in [6.07, 6.45) is -1.45. The second kappa shape index (κ2) is 20.3. The zero-order valence-corrected chi connectivity index (χ0v) is 51.8. The summed E-state index contributed by atoms with van der Waals surface area (Å²) in [6.45, 7) is 51.2. The highest BCUT2D eigenvalue weighted by Crippen LogP contribution is 2.55. The van der Waals surface area contributed by atoms with Crippen LogP contribution in [-0.2, 0) is 29.8 Å². The first-order valence-corrected chi connectivity index (χ1v) is 32.0. The predicted octanol–water partition coefficient (Wildman–Crippen LogP) is 18.2. The van der Waals surface area contributed by atoms with Crippen molar-refractivity contribution in [2.45, 2.75) is 169 Å². The SMILES string of the molecule is C=C(COc1ccc2c(c1)N(C(=O)O)c1ccc(Br)c(C(C)(C)C)c1C2(C)C)O[Si](C)(C)C(C)(C)C.C=C(COc1ccc2c(c1)N(C(=O)OC(C)(C)C)c1ccc(Br)cc1C2(C)C)O[Si](C)(C)C(C)(C)C. The molecule has 14 heteroatoms. The summed E-state index contributed by atoms with van der Waals surface area (Å²) in [7, 11) is -4.00. The van der Waals surface area contributed by atoms with Gasteiger partial charge in [-0.15, -0.1) is 0 Å². The lowest BCUT2D eigenvalue weighted by molar-refractivity contribution is 0.0597. The monoisotopic (exact) mass is 1150 g/mol. The summed E-state index contributed by atoms with van der Waals surface area (Å²) < 4.78 is 32.4. The molecule has 0 unspecified atom stereocenters. The van der Waals surface area contributed by atoms with Gasteiger partial charge in [-0.1, -0.05) is 147 Å². The normalized spacial score (nSPS) is 15.1. The van der Waals surface area contributed by atoms with Crippen LogP contribution in [0.3, 0.4) is 0 Å². The van der Waals surface area contributed by atoms with Crippen molar-refractivity contribution < 1.29 is 37.8 Å². The summed E-state index contributed by atoms with van der Waals surface area (Å²) in [6, 6.07) is 21.4. The Kier molecular flexibility index (Phi) is 16.5. The quantitative estimate of drug-likeness (QED) is 0.124. The summed E-state index contributed by atoms with van der Waals surface area (Å²) in [5.41, 5.74) is 6.38. The molecule has 1 N–H and O–H groups in total. The van der Waals surface area contributed by atoms with Crippen molar-refractivity contribution in [1.82, 2.24) is 0 Å². The molecular weight excluding hydrogens is 1070 g/mol. The van der Waals surface area contributed by atoms with Crippen LogP contribution in [0.2, 0.25) is 36.3 Å². The fraction of sp³-hybridized carbons (Fsp3) is 0.483. The standard InChI is InChI=1S/2C29H40BrNO4Si/c1-19(35-36(10,11)28(5,6)7)18-33-21-13-14-22-25(17-21)31(26(32)34-27(2,3)4)24-15-12-20(30)16-23(24)29(22,8)9;1-18(35-36(10,11)28(5,6)7)17-34-19-12-13-20-23(16-19)31(26(32)33)22-15-14-21(30)24(27(2,3)4)25(22)29(20,8)9/h12-17H,1,18H2,2-11H3;12-16H,1,17H2,2-11H3,(H,32,33). The molecule has 2 aliphatic rings. The van der Waals surface area contributed by atoms with Crippen LogP contribution in [0.15, 0.2) is 100 Å². The van der Waals surface area contributed by atoms with Crippen LogP contribution in [-0.4, -0.2) is 52.7 Å². The van der Waals surface area contributed by atoms with Gasteiger partial charge in [-0.2, -0.15) is 0 Å². The van der Waals surface area contributed by atoms with Crippen LogP contribution < -0.4 is 19.3 Å². The largest absolute Gasteiger partial charge is 0.544 e. The lowest BCUT2D eigenvalue weighted by Gasteiger charge is -2.43. The summed E-state index contributed by atoms with van der Waals surface area (Å²) in [4.78, 5) is 29.1. The summed E-state index contributed by atoms with van der Waals surface area (Å²) in [5, 5.41) is 10.5. The van der Waals surface area contributed by atoms with Gasteiger partial charge in [0.25, 0.3) is 0 Å². The van der Waals surface area contributed by atoms with E-state index in [1.165, 1.54) is 4.90 Å². The summed E-state index contributed by atoms with van der Waals surface area (Å²) >= 11 is 7.33. The zero-order valence-electron chi connectivity index (χ0n) is 46.6. The van der Waals surface area contributed by atoms with Gasteiger partial charge in [0.2, 0.25) is 16.6 Å². The average molecular weight is 1150 g/mol. The van der Waals surface area contributed by atoms with Gasteiger partial charge in [-0.05, 0) is 133 Å². The van der Waals surface area contributed by atoms with Crippen LogP contribution >= 0.6 is 31.9 Å². The number of ether oxygens (including phenoxy) is 3. The molecular formula is C58H80Br2N2O8Si2. The molecule has 0 atom stereocenters. The molecule has 6 rings (SSSR count). The van der Waals surface area contributed by atoms with E-state index in [0.717, 1.165) is 48.1 Å². The zero-order chi connectivity index (χ0) is 54.7. The molecule has 0 aromatic heterocycles. The molecule has 0 radical (unpaired) electrons. The van der Waals surface area contributed by atoms with Crippen molar-refractivity contribution in [1.29, 1.82) is 0 Å². The molecule has 0 bridgehead atoms. The third kappa shape index (κ3) is 12.4. The number of halogens is 2. The van der Waals surface area contributed by atoms with Crippen LogP contribution in [0.1, 0.15) is 139 Å². The highest BCUT2D eigenvalue weighted by atomic mass is 79.9. The van der Waals surface area contributed by atoms with E-state index in [4.69, 9.17) is 23.1 Å². The number of hydrogen-bond donors (Lipinski definition) is 1. The average Bonchev–Trinajstić information content (AvgIpc) is 3.20. The van der Waals surface area contributed by atoms with Gasteiger partial charge in [0.15, 0.2) is 0 Å². The van der Waals surface area contributed by atoms with Crippen molar-refractivity contribution in [3.8, 4) is 11.5 Å². The minimum absolute atomic E-state index is 0.0592. The van der Waals surface area contributed by atoms with Crippen LogP contribution in [0.25, 0.3) is 0 Å². The predicted molar refractivity (Wildman–Crippen MR) is 308 cm³/mol. The van der Waals surface area contributed by atoms with Gasteiger partial charge in [0.1, 0.15) is 41.8 Å². The number of nitrogens with zero attached hydrogens (tertiary/aromatic N) is 2. The Labute approximate surface area is 450 Å². The molecule has 0 saturated carbocycles. The first-order chi connectivity index (χ1) is 32.6. The smallest absolute Gasteiger partial charge is 0.419 e. The van der Waals surface area contributed by atoms with Crippen molar-refractivity contribution in [3.05, 3.63) is 128 Å². The minimum Gasteiger partial charge on any atom is -0.544 e. The second-order valence-electron chi connectivity index (χ2n) is 25.1. The molecule has 0 saturated heterocycles. The van der Waals surface area contributed by atoms with Gasteiger partial charge >= 0.3 is 12.2 Å². The number of hydrogen-bond acceptors (Lipinski definition) is 7. The van der Waals surface area contributed by atoms with E-state index in [0.29, 0.717) is 34.4 Å². The number of carbonyl (C=O) groups excluding carboxylic acids is 1. The van der Waals surface area contributed by atoms with Crippen molar-refractivity contribution >= 4 is 83.4 Å². The number of fused-ring (bicyclic) bond motifs is 4. The molecule has 72 heavy (non-hydrogen) atoms. The van der Waals surface area contributed by atoms with E-state index in [-0.39, 0.29) is 34.1 Å². The molecule has 392 valence electrons. The Morgan fingerprint density at radius 2 is 1.04 bits per heavy atom. The van der Waals surface area contributed by atoms with Crippen LogP contribution in [0, 0.1) is 0 Å². The van der Waals surface area contributed by atoms with Gasteiger partial charge in [0, 0.05) is 31.9 Å². The minimum atomic E-state index is -2.01. The highest BCUT2D eigenvalue weighted by molar-refractivity contribution is 9.10. The van der Waals surface area contributed by atoms with Crippen LogP contribution in [0.5, 0.6) is 11.5 Å². The topological polar surface area (TPSA) is 107 Å². The molecule has 2 heterocycles.